The maximum Gasteiger partial charge on any atom is 0.0992 e. The molecule has 50 heavy (non-hydrogen) atoms. The molecule has 0 N–H and O–H groups in total. The van der Waals surface area contributed by atoms with Crippen LogP contribution in [0.1, 0.15) is 73.1 Å². The van der Waals surface area contributed by atoms with E-state index < -0.39 is 0 Å². The molecule has 2 aromatic carbocycles. The van der Waals surface area contributed by atoms with E-state index in [2.05, 4.69) is 38.1 Å². The average Bonchev–Trinajstić information content (AvgIpc) is 3.94. The van der Waals surface area contributed by atoms with Crippen LogP contribution in [0.25, 0.3) is 65.7 Å². The highest BCUT2D eigenvalue weighted by Gasteiger charge is 2.89. The second kappa shape index (κ2) is 7.88. The molecule has 0 radical (unpaired) electrons. The van der Waals surface area contributed by atoms with Crippen LogP contribution in [0.15, 0.2) is 73.3 Å². The summed E-state index contributed by atoms with van der Waals surface area (Å²) in [6.45, 7) is 5.30. The molecule has 4 fully saturated rings. The van der Waals surface area contributed by atoms with Crippen molar-refractivity contribution in [2.75, 3.05) is 0 Å². The number of benzene rings is 2. The Morgan fingerprint density at radius 2 is 0.660 bits per heavy atom. The van der Waals surface area contributed by atoms with E-state index in [1.165, 1.54) is 35.6 Å². The van der Waals surface area contributed by atoms with Crippen molar-refractivity contribution >= 4 is 65.7 Å². The van der Waals surface area contributed by atoms with Crippen molar-refractivity contribution in [2.45, 2.75) is 50.4 Å². The number of aromatic nitrogens is 8. The van der Waals surface area contributed by atoms with E-state index >= 15 is 0 Å². The summed E-state index contributed by atoms with van der Waals surface area (Å²) in [5.41, 5.74) is 13.2. The SMILES string of the molecule is CC12C3C([C@H]4C[C@@H]3c3nc5c6cccnc6c6ncccc6c5nc34)C1(C)C1C2[C@H]2C[C@@H]1c1nc3c4cccnc4c4ncccc4c3nc12. The summed E-state index contributed by atoms with van der Waals surface area (Å²) in [7, 11) is 0. The molecule has 0 spiro atoms. The van der Waals surface area contributed by atoms with Gasteiger partial charge in [-0.2, -0.15) is 0 Å². The van der Waals surface area contributed by atoms with Crippen LogP contribution in [-0.4, -0.2) is 39.9 Å². The van der Waals surface area contributed by atoms with Crippen molar-refractivity contribution in [2.24, 2.45) is 34.5 Å². The Kier molecular flexibility index (Phi) is 4.05. The Labute approximate surface area is 285 Å². The fraction of sp³-hybridized carbons (Fsp3) is 0.333. The number of hydrogen-bond donors (Lipinski definition) is 0. The van der Waals surface area contributed by atoms with E-state index in [0.717, 1.165) is 65.7 Å². The van der Waals surface area contributed by atoms with Crippen molar-refractivity contribution in [3.63, 3.8) is 0 Å². The van der Waals surface area contributed by atoms with Gasteiger partial charge in [0.25, 0.3) is 0 Å². The minimum Gasteiger partial charge on any atom is -0.254 e. The molecule has 4 saturated carbocycles. The lowest BCUT2D eigenvalue weighted by Crippen LogP contribution is -2.79. The van der Waals surface area contributed by atoms with E-state index in [1.807, 2.05) is 49.1 Å². The van der Waals surface area contributed by atoms with Gasteiger partial charge in [-0.15, -0.1) is 0 Å². The maximum atomic E-state index is 5.57. The van der Waals surface area contributed by atoms with Crippen LogP contribution in [0.4, 0.5) is 0 Å². The first kappa shape index (κ1) is 25.7. The maximum absolute atomic E-state index is 5.57. The Morgan fingerprint density at radius 3 is 0.920 bits per heavy atom. The molecule has 14 rings (SSSR count). The van der Waals surface area contributed by atoms with Crippen LogP contribution < -0.4 is 0 Å². The van der Waals surface area contributed by atoms with Crippen LogP contribution in [-0.2, 0) is 0 Å². The Balaban J connectivity index is 0.946. The van der Waals surface area contributed by atoms with E-state index in [-0.39, 0.29) is 10.8 Å². The zero-order chi connectivity index (χ0) is 32.4. The minimum atomic E-state index is 0.262. The standard InChI is InChI=1S/C42H30N8/c1-41-25-21-15-23(39-37(21)47-33-17-7-3-11-43-29(17)31-19(35(33)49-39)9-5-13-45-31)27(25)42(41,2)28-24-16-22(26(28)41)38-40(24)50-36-20-10-6-14-46-32(20)30-18(34(36)48-38)8-4-12-44-30/h3-14,21-28H,15-16H2,1-2H3/t21-,22+,23+,24-,25?,26?,27?,28?,41?,42?. The number of fused-ring (bicyclic) bond motifs is 33. The molecule has 0 amide bonds. The lowest BCUT2D eigenvalue weighted by molar-refractivity contribution is -0.349. The summed E-state index contributed by atoms with van der Waals surface area (Å²) in [5.74, 6) is 4.40. The Hall–Kier alpha value is -5.24. The van der Waals surface area contributed by atoms with E-state index in [9.17, 15) is 0 Å². The van der Waals surface area contributed by atoms with Crippen molar-refractivity contribution in [3.8, 4) is 0 Å². The fourth-order valence-electron chi connectivity index (χ4n) is 14.0. The second-order valence-electron chi connectivity index (χ2n) is 16.5. The topological polar surface area (TPSA) is 103 Å². The quantitative estimate of drug-likeness (QED) is 0.120. The molecule has 238 valence electrons. The molecule has 10 atom stereocenters. The first-order valence-corrected chi connectivity index (χ1v) is 18.2. The van der Waals surface area contributed by atoms with Gasteiger partial charge in [0, 0.05) is 70.0 Å². The molecule has 6 unspecified atom stereocenters. The van der Waals surface area contributed by atoms with Crippen LogP contribution in [0, 0.1) is 34.5 Å². The number of pyridine rings is 4. The van der Waals surface area contributed by atoms with Gasteiger partial charge in [-0.1, -0.05) is 13.8 Å². The first-order chi connectivity index (χ1) is 24.6. The molecule has 0 aliphatic heterocycles. The third kappa shape index (κ3) is 2.41. The molecule has 6 aromatic heterocycles. The Bertz CT molecular complexity index is 2570. The molecule has 4 bridgehead atoms. The van der Waals surface area contributed by atoms with Gasteiger partial charge in [-0.25, -0.2) is 19.9 Å². The van der Waals surface area contributed by atoms with E-state index in [0.29, 0.717) is 47.3 Å². The van der Waals surface area contributed by atoms with Gasteiger partial charge in [0.05, 0.1) is 66.9 Å². The van der Waals surface area contributed by atoms with Crippen molar-refractivity contribution in [1.82, 2.24) is 39.9 Å². The summed E-state index contributed by atoms with van der Waals surface area (Å²) >= 11 is 0. The van der Waals surface area contributed by atoms with Gasteiger partial charge in [0.15, 0.2) is 0 Å². The largest absolute Gasteiger partial charge is 0.254 e. The summed E-state index contributed by atoms with van der Waals surface area (Å²) in [5, 5.41) is 4.22. The number of hydrogen-bond acceptors (Lipinski definition) is 8. The molecular formula is C42H30N8. The molecule has 6 aliphatic carbocycles. The summed E-state index contributed by atoms with van der Waals surface area (Å²) in [6.07, 6.45) is 9.80. The molecule has 6 aliphatic rings. The zero-order valence-electron chi connectivity index (χ0n) is 27.5. The van der Waals surface area contributed by atoms with Gasteiger partial charge in [-0.3, -0.25) is 19.9 Å². The lowest BCUT2D eigenvalue weighted by Gasteiger charge is -2.83. The van der Waals surface area contributed by atoms with Crippen LogP contribution >= 0.6 is 0 Å². The molecule has 8 nitrogen and oxygen atoms in total. The molecule has 0 saturated heterocycles. The predicted octanol–water partition coefficient (Wildman–Crippen LogP) is 8.14. The predicted molar refractivity (Wildman–Crippen MR) is 191 cm³/mol. The van der Waals surface area contributed by atoms with Gasteiger partial charge >= 0.3 is 0 Å². The normalized spacial score (nSPS) is 35.0. The van der Waals surface area contributed by atoms with Crippen molar-refractivity contribution < 1.29 is 0 Å². The summed E-state index contributed by atoms with van der Waals surface area (Å²) < 4.78 is 0. The van der Waals surface area contributed by atoms with E-state index in [4.69, 9.17) is 39.9 Å². The average molecular weight is 647 g/mol. The first-order valence-electron chi connectivity index (χ1n) is 18.2. The van der Waals surface area contributed by atoms with Crippen molar-refractivity contribution in [1.29, 1.82) is 0 Å². The van der Waals surface area contributed by atoms with Gasteiger partial charge in [0.2, 0.25) is 0 Å². The van der Waals surface area contributed by atoms with Crippen molar-refractivity contribution in [3.05, 3.63) is 96.1 Å². The zero-order valence-corrected chi connectivity index (χ0v) is 27.5. The number of nitrogens with zero attached hydrogens (tertiary/aromatic N) is 8. The second-order valence-corrected chi connectivity index (χ2v) is 16.5. The molecule has 8 aromatic rings. The highest BCUT2D eigenvalue weighted by Crippen LogP contribution is 2.94. The number of rotatable bonds is 0. The monoisotopic (exact) mass is 646 g/mol. The third-order valence-corrected chi connectivity index (χ3v) is 15.5. The van der Waals surface area contributed by atoms with E-state index in [1.54, 1.807) is 0 Å². The van der Waals surface area contributed by atoms with Crippen LogP contribution in [0.2, 0.25) is 0 Å². The molecule has 6 heterocycles. The minimum absolute atomic E-state index is 0.262. The Morgan fingerprint density at radius 1 is 0.400 bits per heavy atom. The van der Waals surface area contributed by atoms with Gasteiger partial charge in [0.1, 0.15) is 0 Å². The molecular weight excluding hydrogens is 617 g/mol. The third-order valence-electron chi connectivity index (χ3n) is 15.5. The highest BCUT2D eigenvalue weighted by atomic mass is 15.0. The lowest BCUT2D eigenvalue weighted by atomic mass is 9.20. The van der Waals surface area contributed by atoms with Crippen LogP contribution in [0.3, 0.4) is 0 Å². The molecule has 8 heteroatoms. The van der Waals surface area contributed by atoms with Crippen LogP contribution in [0.5, 0.6) is 0 Å². The van der Waals surface area contributed by atoms with Gasteiger partial charge < -0.3 is 0 Å². The summed E-state index contributed by atoms with van der Waals surface area (Å²) in [6, 6.07) is 16.6. The van der Waals surface area contributed by atoms with Gasteiger partial charge in [-0.05, 0) is 95.9 Å². The summed E-state index contributed by atoms with van der Waals surface area (Å²) in [4.78, 5) is 41.3. The smallest absolute Gasteiger partial charge is 0.0992 e. The fourth-order valence-corrected chi connectivity index (χ4v) is 14.0. The highest BCUT2D eigenvalue weighted by molar-refractivity contribution is 6.21.